The van der Waals surface area contributed by atoms with Gasteiger partial charge in [-0.15, -0.1) is 0 Å². The van der Waals surface area contributed by atoms with Crippen molar-refractivity contribution in [2.45, 2.75) is 33.2 Å². The smallest absolute Gasteiger partial charge is 0.133 e. The molecule has 0 saturated carbocycles. The summed E-state index contributed by atoms with van der Waals surface area (Å²) in [6, 6.07) is 4.18. The second-order valence-corrected chi connectivity index (χ2v) is 5.67. The Morgan fingerprint density at radius 2 is 2.06 bits per heavy atom. The van der Waals surface area contributed by atoms with Crippen LogP contribution in [0.4, 0.5) is 5.82 Å². The Labute approximate surface area is 104 Å². The van der Waals surface area contributed by atoms with E-state index < -0.39 is 0 Å². The predicted molar refractivity (Wildman–Crippen MR) is 72.2 cm³/mol. The Hall–Kier alpha value is -1.09. The maximum Gasteiger partial charge on any atom is 0.133 e. The van der Waals surface area contributed by atoms with Crippen LogP contribution >= 0.6 is 0 Å². The molecule has 0 spiro atoms. The van der Waals surface area contributed by atoms with Crippen LogP contribution in [0, 0.1) is 5.41 Å². The summed E-state index contributed by atoms with van der Waals surface area (Å²) in [5.41, 5.74) is 1.80. The summed E-state index contributed by atoms with van der Waals surface area (Å²) < 4.78 is 0. The van der Waals surface area contributed by atoms with Gasteiger partial charge in [0.15, 0.2) is 0 Å². The second kappa shape index (κ2) is 5.05. The molecular weight excluding hydrogens is 210 g/mol. The lowest BCUT2D eigenvalue weighted by Gasteiger charge is -2.38. The second-order valence-electron chi connectivity index (χ2n) is 5.67. The number of anilines is 1. The van der Waals surface area contributed by atoms with Crippen LogP contribution in [0.15, 0.2) is 18.3 Å². The van der Waals surface area contributed by atoms with Gasteiger partial charge in [0, 0.05) is 31.4 Å². The maximum absolute atomic E-state index is 4.55. The van der Waals surface area contributed by atoms with E-state index in [4.69, 9.17) is 0 Å². The quantitative estimate of drug-likeness (QED) is 0.869. The molecule has 3 heteroatoms. The summed E-state index contributed by atoms with van der Waals surface area (Å²) >= 11 is 0. The lowest BCUT2D eigenvalue weighted by molar-refractivity contribution is 0.279. The van der Waals surface area contributed by atoms with Gasteiger partial charge in [-0.3, -0.25) is 0 Å². The number of pyridine rings is 1. The minimum absolute atomic E-state index is 0.494. The van der Waals surface area contributed by atoms with Crippen molar-refractivity contribution in [3.8, 4) is 0 Å². The highest BCUT2D eigenvalue weighted by Gasteiger charge is 2.26. The third-order valence-corrected chi connectivity index (χ3v) is 3.65. The Bertz CT molecular complexity index is 363. The van der Waals surface area contributed by atoms with Gasteiger partial charge in [0.05, 0.1) is 0 Å². The van der Waals surface area contributed by atoms with E-state index in [0.717, 1.165) is 25.5 Å². The van der Waals surface area contributed by atoms with Gasteiger partial charge in [-0.05, 0) is 31.4 Å². The Morgan fingerprint density at radius 1 is 1.35 bits per heavy atom. The van der Waals surface area contributed by atoms with Crippen LogP contribution in [0.1, 0.15) is 32.3 Å². The van der Waals surface area contributed by atoms with Crippen molar-refractivity contribution >= 4 is 5.82 Å². The molecule has 17 heavy (non-hydrogen) atoms. The zero-order chi connectivity index (χ0) is 12.3. The molecule has 1 fully saturated rings. The van der Waals surface area contributed by atoms with Crippen LogP contribution in [-0.4, -0.2) is 25.1 Å². The van der Waals surface area contributed by atoms with E-state index >= 15 is 0 Å². The largest absolute Gasteiger partial charge is 0.356 e. The van der Waals surface area contributed by atoms with Gasteiger partial charge in [-0.25, -0.2) is 4.98 Å². The van der Waals surface area contributed by atoms with Crippen molar-refractivity contribution in [2.24, 2.45) is 5.41 Å². The number of hydrogen-bond donors (Lipinski definition) is 1. The Morgan fingerprint density at radius 3 is 2.71 bits per heavy atom. The number of hydrogen-bond acceptors (Lipinski definition) is 3. The predicted octanol–water partition coefficient (Wildman–Crippen LogP) is 2.43. The highest BCUT2D eigenvalue weighted by molar-refractivity contribution is 5.47. The van der Waals surface area contributed by atoms with E-state index in [1.807, 2.05) is 19.3 Å². The minimum atomic E-state index is 0.494. The van der Waals surface area contributed by atoms with Crippen molar-refractivity contribution in [2.75, 3.05) is 25.0 Å². The van der Waals surface area contributed by atoms with Crippen molar-refractivity contribution in [1.29, 1.82) is 0 Å². The topological polar surface area (TPSA) is 28.2 Å². The van der Waals surface area contributed by atoms with Gasteiger partial charge in [-0.1, -0.05) is 19.9 Å². The molecule has 3 nitrogen and oxygen atoms in total. The third kappa shape index (κ3) is 2.97. The molecule has 1 aromatic heterocycles. The molecule has 0 radical (unpaired) electrons. The lowest BCUT2D eigenvalue weighted by Crippen LogP contribution is -2.38. The molecule has 0 bridgehead atoms. The average Bonchev–Trinajstić information content (AvgIpc) is 2.31. The molecule has 0 aliphatic carbocycles. The lowest BCUT2D eigenvalue weighted by atomic mass is 9.82. The fourth-order valence-electron chi connectivity index (χ4n) is 2.37. The van der Waals surface area contributed by atoms with E-state index in [9.17, 15) is 0 Å². The molecule has 0 atom stereocenters. The molecule has 1 N–H and O–H groups in total. The molecule has 1 aliphatic rings. The van der Waals surface area contributed by atoms with Gasteiger partial charge in [-0.2, -0.15) is 0 Å². The van der Waals surface area contributed by atoms with Crippen LogP contribution in [0.2, 0.25) is 0 Å². The molecule has 1 aromatic rings. The number of piperidine rings is 1. The van der Waals surface area contributed by atoms with Crippen molar-refractivity contribution < 1.29 is 0 Å². The van der Waals surface area contributed by atoms with Gasteiger partial charge >= 0.3 is 0 Å². The van der Waals surface area contributed by atoms with Gasteiger partial charge in [0.25, 0.3) is 0 Å². The van der Waals surface area contributed by atoms with Crippen LogP contribution in [0.5, 0.6) is 0 Å². The SMILES string of the molecule is CNCc1cccnc1N1CCC(C)(C)CC1. The first-order valence-electron chi connectivity index (χ1n) is 6.46. The van der Waals surface area contributed by atoms with Gasteiger partial charge in [0.1, 0.15) is 5.82 Å². The summed E-state index contributed by atoms with van der Waals surface area (Å²) in [7, 11) is 1.98. The summed E-state index contributed by atoms with van der Waals surface area (Å²) in [5.74, 6) is 1.16. The maximum atomic E-state index is 4.55. The molecule has 1 saturated heterocycles. The van der Waals surface area contributed by atoms with Crippen LogP contribution in [0.3, 0.4) is 0 Å². The van der Waals surface area contributed by atoms with Gasteiger partial charge in [0.2, 0.25) is 0 Å². The van der Waals surface area contributed by atoms with E-state index in [2.05, 4.69) is 35.1 Å². The standard InChI is InChI=1S/C14H23N3/c1-14(2)6-9-17(10-7-14)13-12(11-15-3)5-4-8-16-13/h4-5,8,15H,6-7,9-11H2,1-3H3. The number of aromatic nitrogens is 1. The van der Waals surface area contributed by atoms with E-state index in [1.165, 1.54) is 18.4 Å². The Balaban J connectivity index is 2.12. The van der Waals surface area contributed by atoms with Crippen molar-refractivity contribution in [1.82, 2.24) is 10.3 Å². The van der Waals surface area contributed by atoms with Crippen LogP contribution in [-0.2, 0) is 6.54 Å². The molecule has 1 aliphatic heterocycles. The Kier molecular flexibility index (Phi) is 3.67. The molecule has 2 heterocycles. The summed E-state index contributed by atoms with van der Waals surface area (Å²) in [6.45, 7) is 7.86. The zero-order valence-corrected chi connectivity index (χ0v) is 11.2. The number of nitrogens with zero attached hydrogens (tertiary/aromatic N) is 2. The molecule has 94 valence electrons. The minimum Gasteiger partial charge on any atom is -0.356 e. The van der Waals surface area contributed by atoms with Crippen molar-refractivity contribution in [3.63, 3.8) is 0 Å². The van der Waals surface area contributed by atoms with E-state index in [1.54, 1.807) is 0 Å². The molecule has 0 amide bonds. The molecule has 2 rings (SSSR count). The fourth-order valence-corrected chi connectivity index (χ4v) is 2.37. The first-order chi connectivity index (χ1) is 8.12. The van der Waals surface area contributed by atoms with E-state index in [0.29, 0.717) is 5.41 Å². The van der Waals surface area contributed by atoms with Gasteiger partial charge < -0.3 is 10.2 Å². The van der Waals surface area contributed by atoms with Crippen LogP contribution in [0.25, 0.3) is 0 Å². The number of nitrogens with one attached hydrogen (secondary N) is 1. The number of rotatable bonds is 3. The third-order valence-electron chi connectivity index (χ3n) is 3.65. The average molecular weight is 233 g/mol. The van der Waals surface area contributed by atoms with E-state index in [-0.39, 0.29) is 0 Å². The monoisotopic (exact) mass is 233 g/mol. The molecule has 0 unspecified atom stereocenters. The highest BCUT2D eigenvalue weighted by atomic mass is 15.2. The summed E-state index contributed by atoms with van der Waals surface area (Å²) in [4.78, 5) is 6.98. The molecular formula is C14H23N3. The van der Waals surface area contributed by atoms with Crippen LogP contribution < -0.4 is 10.2 Å². The molecule has 0 aromatic carbocycles. The normalized spacial score (nSPS) is 19.4. The first-order valence-corrected chi connectivity index (χ1v) is 6.46. The highest BCUT2D eigenvalue weighted by Crippen LogP contribution is 2.32. The zero-order valence-electron chi connectivity index (χ0n) is 11.2. The van der Waals surface area contributed by atoms with Crippen molar-refractivity contribution in [3.05, 3.63) is 23.9 Å². The summed E-state index contributed by atoms with van der Waals surface area (Å²) in [5, 5.41) is 3.21. The first kappa shape index (κ1) is 12.4. The fraction of sp³-hybridized carbons (Fsp3) is 0.643. The summed E-state index contributed by atoms with van der Waals surface area (Å²) in [6.07, 6.45) is 4.40.